The maximum atomic E-state index is 11.5. The Bertz CT molecular complexity index is 871. The number of rotatable bonds is 2. The van der Waals surface area contributed by atoms with E-state index in [0.717, 1.165) is 15.7 Å². The molecule has 6 heteroatoms. The van der Waals surface area contributed by atoms with E-state index in [4.69, 9.17) is 0 Å². The van der Waals surface area contributed by atoms with Gasteiger partial charge in [0.2, 0.25) is 0 Å². The highest BCUT2D eigenvalue weighted by atomic mass is 79.9. The number of pyridine rings is 1. The van der Waals surface area contributed by atoms with Gasteiger partial charge in [0, 0.05) is 28.7 Å². The van der Waals surface area contributed by atoms with Gasteiger partial charge in [-0.05, 0) is 35.0 Å². The van der Waals surface area contributed by atoms with Crippen LogP contribution in [0.15, 0.2) is 34.9 Å². The third-order valence-electron chi connectivity index (χ3n) is 3.31. The predicted octanol–water partition coefficient (Wildman–Crippen LogP) is 3.40. The zero-order valence-corrected chi connectivity index (χ0v) is 13.0. The van der Waals surface area contributed by atoms with E-state index >= 15 is 0 Å². The fourth-order valence-electron chi connectivity index (χ4n) is 2.38. The van der Waals surface area contributed by atoms with Gasteiger partial charge in [-0.1, -0.05) is 12.1 Å². The lowest BCUT2D eigenvalue weighted by molar-refractivity contribution is 0.0699. The first-order chi connectivity index (χ1) is 9.97. The summed E-state index contributed by atoms with van der Waals surface area (Å²) in [5.74, 6) is -0.969. The molecule has 2 aromatic heterocycles. The van der Waals surface area contributed by atoms with Gasteiger partial charge >= 0.3 is 5.97 Å². The smallest absolute Gasteiger partial charge is 0.336 e. The number of hydrogen-bond donors (Lipinski definition) is 1. The largest absolute Gasteiger partial charge is 0.478 e. The van der Waals surface area contributed by atoms with E-state index in [1.54, 1.807) is 22.9 Å². The average molecular weight is 346 g/mol. The monoisotopic (exact) mass is 345 g/mol. The van der Waals surface area contributed by atoms with Crippen LogP contribution in [0, 0.1) is 6.92 Å². The van der Waals surface area contributed by atoms with Crippen LogP contribution in [0.3, 0.4) is 0 Å². The molecule has 0 saturated heterocycles. The molecule has 0 bridgehead atoms. The minimum absolute atomic E-state index is 0.236. The molecule has 2 heterocycles. The van der Waals surface area contributed by atoms with Crippen LogP contribution in [0.1, 0.15) is 16.1 Å². The zero-order chi connectivity index (χ0) is 15.1. The molecule has 0 fully saturated rings. The summed E-state index contributed by atoms with van der Waals surface area (Å²) in [5.41, 5.74) is 3.12. The molecule has 0 amide bonds. The Morgan fingerprint density at radius 1 is 1.38 bits per heavy atom. The summed E-state index contributed by atoms with van der Waals surface area (Å²) < 4.78 is 2.46. The van der Waals surface area contributed by atoms with Gasteiger partial charge in [-0.3, -0.25) is 4.68 Å². The summed E-state index contributed by atoms with van der Waals surface area (Å²) in [6.45, 7) is 1.88. The fourth-order valence-corrected chi connectivity index (χ4v) is 2.83. The SMILES string of the molecule is Cc1nn(C)cc1-c1cc(C(=O)O)c2cccc(Br)c2n1. The highest BCUT2D eigenvalue weighted by molar-refractivity contribution is 9.10. The molecule has 0 spiro atoms. The molecule has 5 nitrogen and oxygen atoms in total. The average Bonchev–Trinajstić information content (AvgIpc) is 2.77. The van der Waals surface area contributed by atoms with Crippen molar-refractivity contribution in [1.29, 1.82) is 0 Å². The van der Waals surface area contributed by atoms with Crippen molar-refractivity contribution in [1.82, 2.24) is 14.8 Å². The number of benzene rings is 1. The number of aromatic carboxylic acids is 1. The normalized spacial score (nSPS) is 11.0. The summed E-state index contributed by atoms with van der Waals surface area (Å²) >= 11 is 3.43. The molecule has 0 radical (unpaired) electrons. The molecule has 1 aromatic carbocycles. The number of nitrogens with zero attached hydrogens (tertiary/aromatic N) is 3. The standard InChI is InChI=1S/C15H12BrN3O2/c1-8-11(7-19(2)18-8)13-6-10(15(20)21)9-4-3-5-12(16)14(9)17-13/h3-7H,1-2H3,(H,20,21). The van der Waals surface area contributed by atoms with Crippen LogP contribution < -0.4 is 0 Å². The predicted molar refractivity (Wildman–Crippen MR) is 83.3 cm³/mol. The number of carboxylic acid groups (broad SMARTS) is 1. The first-order valence-corrected chi connectivity index (χ1v) is 7.10. The Labute approximate surface area is 129 Å². The lowest BCUT2D eigenvalue weighted by atomic mass is 10.0. The van der Waals surface area contributed by atoms with E-state index in [9.17, 15) is 9.90 Å². The van der Waals surface area contributed by atoms with Gasteiger partial charge in [0.05, 0.1) is 22.5 Å². The molecule has 0 atom stereocenters. The molecule has 106 valence electrons. The lowest BCUT2D eigenvalue weighted by Crippen LogP contribution is -2.00. The molecular weight excluding hydrogens is 334 g/mol. The van der Waals surface area contributed by atoms with E-state index in [-0.39, 0.29) is 5.56 Å². The summed E-state index contributed by atoms with van der Waals surface area (Å²) in [6, 6.07) is 7.01. The van der Waals surface area contributed by atoms with Crippen LogP contribution in [0.4, 0.5) is 0 Å². The van der Waals surface area contributed by atoms with E-state index in [1.807, 2.05) is 26.2 Å². The van der Waals surface area contributed by atoms with E-state index < -0.39 is 5.97 Å². The van der Waals surface area contributed by atoms with Crippen molar-refractivity contribution in [2.45, 2.75) is 6.92 Å². The topological polar surface area (TPSA) is 68.0 Å². The van der Waals surface area contributed by atoms with Crippen molar-refractivity contribution in [2.24, 2.45) is 7.05 Å². The van der Waals surface area contributed by atoms with Gasteiger partial charge in [-0.25, -0.2) is 9.78 Å². The van der Waals surface area contributed by atoms with Crippen LogP contribution in [0.25, 0.3) is 22.2 Å². The summed E-state index contributed by atoms with van der Waals surface area (Å²) in [6.07, 6.45) is 1.84. The molecule has 0 saturated carbocycles. The second kappa shape index (κ2) is 4.96. The van der Waals surface area contributed by atoms with Crippen molar-refractivity contribution >= 4 is 32.8 Å². The number of aromatic nitrogens is 3. The quantitative estimate of drug-likeness (QED) is 0.772. The molecular formula is C15H12BrN3O2. The molecule has 0 unspecified atom stereocenters. The molecule has 21 heavy (non-hydrogen) atoms. The Balaban J connectivity index is 2.37. The fraction of sp³-hybridized carbons (Fsp3) is 0.133. The van der Waals surface area contributed by atoms with Crippen molar-refractivity contribution in [3.8, 4) is 11.3 Å². The highest BCUT2D eigenvalue weighted by Gasteiger charge is 2.16. The molecule has 0 aliphatic rings. The number of para-hydroxylation sites is 1. The number of hydrogen-bond acceptors (Lipinski definition) is 3. The molecule has 3 rings (SSSR count). The lowest BCUT2D eigenvalue weighted by Gasteiger charge is -2.07. The Morgan fingerprint density at radius 3 is 2.76 bits per heavy atom. The van der Waals surface area contributed by atoms with Crippen molar-refractivity contribution in [3.63, 3.8) is 0 Å². The number of fused-ring (bicyclic) bond motifs is 1. The molecule has 0 aliphatic carbocycles. The Kier molecular flexibility index (Phi) is 3.25. The first-order valence-electron chi connectivity index (χ1n) is 6.30. The van der Waals surface area contributed by atoms with Crippen LogP contribution in [-0.4, -0.2) is 25.8 Å². The van der Waals surface area contributed by atoms with E-state index in [0.29, 0.717) is 16.6 Å². The van der Waals surface area contributed by atoms with Gasteiger partial charge in [0.1, 0.15) is 0 Å². The summed E-state index contributed by atoms with van der Waals surface area (Å²) in [4.78, 5) is 16.1. The molecule has 1 N–H and O–H groups in total. The van der Waals surface area contributed by atoms with Crippen molar-refractivity contribution < 1.29 is 9.90 Å². The van der Waals surface area contributed by atoms with Crippen LogP contribution in [-0.2, 0) is 7.05 Å². The van der Waals surface area contributed by atoms with Gasteiger partial charge in [-0.2, -0.15) is 5.10 Å². The Hall–Kier alpha value is -2.21. The van der Waals surface area contributed by atoms with E-state index in [2.05, 4.69) is 26.0 Å². The van der Waals surface area contributed by atoms with Gasteiger partial charge in [0.25, 0.3) is 0 Å². The first kappa shape index (κ1) is 13.8. The third-order valence-corrected chi connectivity index (χ3v) is 3.95. The van der Waals surface area contributed by atoms with Crippen molar-refractivity contribution in [2.75, 3.05) is 0 Å². The Morgan fingerprint density at radius 2 is 2.14 bits per heavy atom. The van der Waals surface area contributed by atoms with E-state index in [1.165, 1.54) is 0 Å². The number of carboxylic acids is 1. The molecule has 3 aromatic rings. The minimum atomic E-state index is -0.969. The second-order valence-corrected chi connectivity index (χ2v) is 5.65. The third kappa shape index (κ3) is 2.31. The maximum absolute atomic E-state index is 11.5. The highest BCUT2D eigenvalue weighted by Crippen LogP contribution is 2.30. The van der Waals surface area contributed by atoms with Gasteiger partial charge < -0.3 is 5.11 Å². The van der Waals surface area contributed by atoms with Gasteiger partial charge in [-0.15, -0.1) is 0 Å². The maximum Gasteiger partial charge on any atom is 0.336 e. The van der Waals surface area contributed by atoms with Gasteiger partial charge in [0.15, 0.2) is 0 Å². The zero-order valence-electron chi connectivity index (χ0n) is 11.5. The van der Waals surface area contributed by atoms with Crippen LogP contribution in [0.5, 0.6) is 0 Å². The summed E-state index contributed by atoms with van der Waals surface area (Å²) in [7, 11) is 1.82. The van der Waals surface area contributed by atoms with Crippen LogP contribution >= 0.6 is 15.9 Å². The number of halogens is 1. The number of aryl methyl sites for hydroxylation is 2. The minimum Gasteiger partial charge on any atom is -0.478 e. The van der Waals surface area contributed by atoms with Crippen LogP contribution in [0.2, 0.25) is 0 Å². The van der Waals surface area contributed by atoms with Crippen molar-refractivity contribution in [3.05, 3.63) is 46.2 Å². The summed E-state index contributed by atoms with van der Waals surface area (Å²) in [5, 5.41) is 14.4. The molecule has 0 aliphatic heterocycles. The second-order valence-electron chi connectivity index (χ2n) is 4.80. The number of carbonyl (C=O) groups is 1.